The van der Waals surface area contributed by atoms with Gasteiger partial charge in [0.25, 0.3) is 0 Å². The molecule has 29 heavy (non-hydrogen) atoms. The topological polar surface area (TPSA) is 55.8 Å². The Morgan fingerprint density at radius 3 is 1.79 bits per heavy atom. The van der Waals surface area contributed by atoms with Crippen molar-refractivity contribution < 1.29 is 19.4 Å². The third-order valence-corrected chi connectivity index (χ3v) is 3.51. The van der Waals surface area contributed by atoms with E-state index < -0.39 is 12.3 Å². The zero-order valence-electron chi connectivity index (χ0n) is 17.8. The Balaban J connectivity index is 0.000000414. The molecule has 0 saturated heterocycles. The zero-order chi connectivity index (χ0) is 22.2. The van der Waals surface area contributed by atoms with E-state index in [0.717, 1.165) is 5.56 Å². The highest BCUT2D eigenvalue weighted by Gasteiger charge is 2.17. The van der Waals surface area contributed by atoms with Crippen molar-refractivity contribution in [2.24, 2.45) is 5.92 Å². The van der Waals surface area contributed by atoms with Crippen LogP contribution in [0.2, 0.25) is 0 Å². The Hall–Kier alpha value is -3.11. The molecule has 0 spiro atoms. The number of hydrogen-bond acceptors (Lipinski definition) is 4. The van der Waals surface area contributed by atoms with Crippen LogP contribution < -0.4 is 0 Å². The Morgan fingerprint density at radius 1 is 0.966 bits per heavy atom. The van der Waals surface area contributed by atoms with Crippen LogP contribution >= 0.6 is 0 Å². The summed E-state index contributed by atoms with van der Waals surface area (Å²) in [6.45, 7) is 16.1. The molecule has 0 saturated carbocycles. The lowest BCUT2D eigenvalue weighted by Crippen LogP contribution is -2.25. The summed E-state index contributed by atoms with van der Waals surface area (Å²) in [5.41, 5.74) is 2.58. The van der Waals surface area contributed by atoms with Gasteiger partial charge in [0.1, 0.15) is 5.75 Å². The molecular formula is C25H32O4. The van der Waals surface area contributed by atoms with Gasteiger partial charge >= 0.3 is 5.97 Å². The van der Waals surface area contributed by atoms with E-state index in [-0.39, 0.29) is 5.92 Å². The molecule has 4 nitrogen and oxygen atoms in total. The van der Waals surface area contributed by atoms with Crippen molar-refractivity contribution in [1.29, 1.82) is 0 Å². The number of esters is 1. The molecule has 2 rings (SSSR count). The maximum Gasteiger partial charge on any atom is 0.335 e. The summed E-state index contributed by atoms with van der Waals surface area (Å²) in [6, 6.07) is 16.9. The van der Waals surface area contributed by atoms with Crippen molar-refractivity contribution in [3.63, 3.8) is 0 Å². The summed E-state index contributed by atoms with van der Waals surface area (Å²) in [7, 11) is 1.51. The van der Waals surface area contributed by atoms with Gasteiger partial charge < -0.3 is 14.6 Å². The minimum atomic E-state index is -0.478. The van der Waals surface area contributed by atoms with Gasteiger partial charge in [0.15, 0.2) is 0 Å². The maximum absolute atomic E-state index is 11.0. The van der Waals surface area contributed by atoms with Gasteiger partial charge in [0, 0.05) is 18.6 Å². The summed E-state index contributed by atoms with van der Waals surface area (Å²) in [4.78, 5) is 11.0. The molecule has 0 radical (unpaired) electrons. The normalized spacial score (nSPS) is 10.4. The van der Waals surface area contributed by atoms with E-state index in [1.165, 1.54) is 12.7 Å². The molecule has 4 heteroatoms. The second-order valence-corrected chi connectivity index (χ2v) is 6.44. The number of hydrogen-bond donors (Lipinski definition) is 1. The molecule has 0 heterocycles. The van der Waals surface area contributed by atoms with Gasteiger partial charge in [-0.3, -0.25) is 0 Å². The molecule has 2 aromatic carbocycles. The van der Waals surface area contributed by atoms with E-state index in [1.807, 2.05) is 62.4 Å². The Morgan fingerprint density at radius 2 is 1.45 bits per heavy atom. The molecule has 0 aromatic heterocycles. The summed E-state index contributed by atoms with van der Waals surface area (Å²) in [5, 5.41) is 8.82. The van der Waals surface area contributed by atoms with Crippen molar-refractivity contribution in [3.05, 3.63) is 91.0 Å². The zero-order valence-corrected chi connectivity index (χ0v) is 17.8. The largest absolute Gasteiger partial charge is 0.508 e. The maximum atomic E-state index is 11.0. The van der Waals surface area contributed by atoms with E-state index in [0.29, 0.717) is 11.3 Å². The minimum Gasteiger partial charge on any atom is -0.508 e. The van der Waals surface area contributed by atoms with Crippen molar-refractivity contribution in [1.82, 2.24) is 0 Å². The molecule has 0 aliphatic heterocycles. The summed E-state index contributed by atoms with van der Waals surface area (Å²) in [5.74, 6) is 0.0365. The lowest BCUT2D eigenvalue weighted by Gasteiger charge is -2.19. The van der Waals surface area contributed by atoms with Gasteiger partial charge in [-0.25, -0.2) is 4.79 Å². The summed E-state index contributed by atoms with van der Waals surface area (Å²) in [6.07, 6.45) is 3.09. The molecule has 1 N–H and O–H groups in total. The van der Waals surface area contributed by atoms with Gasteiger partial charge in [0.2, 0.25) is 6.29 Å². The quantitative estimate of drug-likeness (QED) is 0.364. The van der Waals surface area contributed by atoms with E-state index in [2.05, 4.69) is 19.7 Å². The number of methoxy groups -OCH3 is 1. The lowest BCUT2D eigenvalue weighted by molar-refractivity contribution is -0.177. The Labute approximate surface area is 174 Å². The summed E-state index contributed by atoms with van der Waals surface area (Å²) >= 11 is 0. The number of phenolic OH excluding ortho intramolecular Hbond substituents is 1. The second-order valence-electron chi connectivity index (χ2n) is 6.44. The highest BCUT2D eigenvalue weighted by atomic mass is 16.7. The first-order chi connectivity index (χ1) is 13.7. The van der Waals surface area contributed by atoms with Gasteiger partial charge in [-0.15, -0.1) is 0 Å². The highest BCUT2D eigenvalue weighted by Crippen LogP contribution is 2.10. The lowest BCUT2D eigenvalue weighted by atomic mass is 10.2. The van der Waals surface area contributed by atoms with E-state index >= 15 is 0 Å². The van der Waals surface area contributed by atoms with Crippen LogP contribution in [0.3, 0.4) is 0 Å². The molecule has 0 bridgehead atoms. The number of phenols is 1. The molecule has 2 aromatic rings. The standard InChI is InChI=1S/C9H16O3.C8H8O.C8H8/c1-6(2)8(10)12-9(11-5)7(3)4;1-2-7-3-5-8(9)6-4-7;1-2-8-6-4-3-5-7-8/h7,9H,1H2,2-5H3;2-6,9H,1H2;2-7H,1H2. The SMILES string of the molecule is C=C(C)C(=O)OC(OC)C(C)C.C=Cc1ccc(O)cc1.C=Cc1ccccc1. The van der Waals surface area contributed by atoms with E-state index in [9.17, 15) is 4.79 Å². The number of aromatic hydroxyl groups is 1. The van der Waals surface area contributed by atoms with Crippen LogP contribution in [0.1, 0.15) is 31.9 Å². The van der Waals surface area contributed by atoms with Crippen molar-refractivity contribution in [2.75, 3.05) is 7.11 Å². The predicted molar refractivity (Wildman–Crippen MR) is 121 cm³/mol. The number of ether oxygens (including phenoxy) is 2. The Kier molecular flexibility index (Phi) is 13.3. The van der Waals surface area contributed by atoms with Crippen LogP contribution in [0, 0.1) is 5.92 Å². The number of rotatable bonds is 6. The van der Waals surface area contributed by atoms with Gasteiger partial charge in [-0.1, -0.05) is 88.2 Å². The third-order valence-electron chi connectivity index (χ3n) is 3.51. The number of carbonyl (C=O) groups is 1. The van der Waals surface area contributed by atoms with Crippen molar-refractivity contribution in [2.45, 2.75) is 27.1 Å². The molecule has 156 valence electrons. The van der Waals surface area contributed by atoms with Gasteiger partial charge in [-0.2, -0.15) is 0 Å². The van der Waals surface area contributed by atoms with Gasteiger partial charge in [-0.05, 0) is 30.2 Å². The monoisotopic (exact) mass is 396 g/mol. The number of benzene rings is 2. The first kappa shape index (κ1) is 25.9. The van der Waals surface area contributed by atoms with Gasteiger partial charge in [0.05, 0.1) is 0 Å². The fourth-order valence-electron chi connectivity index (χ4n) is 1.86. The highest BCUT2D eigenvalue weighted by molar-refractivity contribution is 5.87. The average Bonchev–Trinajstić information content (AvgIpc) is 2.73. The Bertz CT molecular complexity index is 746. The third kappa shape index (κ3) is 12.1. The average molecular weight is 397 g/mol. The molecule has 0 fully saturated rings. The van der Waals surface area contributed by atoms with Crippen LogP contribution in [-0.2, 0) is 14.3 Å². The van der Waals surface area contributed by atoms with Crippen LogP contribution in [-0.4, -0.2) is 24.5 Å². The van der Waals surface area contributed by atoms with E-state index in [4.69, 9.17) is 14.6 Å². The van der Waals surface area contributed by atoms with Crippen LogP contribution in [0.15, 0.2) is 79.9 Å². The first-order valence-electron chi connectivity index (χ1n) is 9.23. The smallest absolute Gasteiger partial charge is 0.335 e. The molecule has 1 atom stereocenters. The fraction of sp³-hybridized carbons (Fsp3) is 0.240. The molecule has 0 aliphatic rings. The fourth-order valence-corrected chi connectivity index (χ4v) is 1.86. The summed E-state index contributed by atoms with van der Waals surface area (Å²) < 4.78 is 9.91. The van der Waals surface area contributed by atoms with Crippen LogP contribution in [0.4, 0.5) is 0 Å². The molecule has 0 amide bonds. The molecular weight excluding hydrogens is 364 g/mol. The predicted octanol–water partition coefficient (Wildman–Crippen LogP) is 6.10. The van der Waals surface area contributed by atoms with Crippen LogP contribution in [0.25, 0.3) is 12.2 Å². The van der Waals surface area contributed by atoms with E-state index in [1.54, 1.807) is 25.1 Å². The first-order valence-corrected chi connectivity index (χ1v) is 9.23. The minimum absolute atomic E-state index is 0.151. The molecule has 1 unspecified atom stereocenters. The van der Waals surface area contributed by atoms with Crippen molar-refractivity contribution >= 4 is 18.1 Å². The second kappa shape index (κ2) is 14.9. The number of carbonyl (C=O) groups excluding carboxylic acids is 1. The van der Waals surface area contributed by atoms with Crippen molar-refractivity contribution in [3.8, 4) is 5.75 Å². The van der Waals surface area contributed by atoms with Crippen LogP contribution in [0.5, 0.6) is 5.75 Å². The molecule has 0 aliphatic carbocycles.